The van der Waals surface area contributed by atoms with Crippen molar-refractivity contribution in [3.05, 3.63) is 0 Å². The molecule has 0 aromatic carbocycles. The van der Waals surface area contributed by atoms with Gasteiger partial charge in [0, 0.05) is 6.54 Å². The Morgan fingerprint density at radius 1 is 0.944 bits per heavy atom. The van der Waals surface area contributed by atoms with E-state index in [0.717, 1.165) is 0 Å². The number of hydrogen-bond donors (Lipinski definition) is 1. The molecule has 0 rings (SSSR count). The summed E-state index contributed by atoms with van der Waals surface area (Å²) in [5, 5.41) is 0. The van der Waals surface area contributed by atoms with Crippen LogP contribution in [0.4, 0.5) is 0 Å². The molecule has 2 N–H and O–H groups in total. The molecule has 0 fully saturated rings. The smallest absolute Gasteiger partial charge is 0.332 e. The molecular weight excluding hydrogens is 238 g/mol. The van der Waals surface area contributed by atoms with Crippen LogP contribution in [0.3, 0.4) is 0 Å². The van der Waals surface area contributed by atoms with Gasteiger partial charge in [0.2, 0.25) is 0 Å². The van der Waals surface area contributed by atoms with Gasteiger partial charge in [0.15, 0.2) is 0 Å². The standard InChI is InChI=1S/C12H25NO5/c1-12(2,3)18-11(14)10-17-9-8-16-7-6-15-5-4-13/h4-10,13H2,1-3H3. The lowest BCUT2D eigenvalue weighted by molar-refractivity contribution is -0.160. The first kappa shape index (κ1) is 17.3. The van der Waals surface area contributed by atoms with Crippen LogP contribution in [0.1, 0.15) is 20.8 Å². The molecule has 0 saturated carbocycles. The highest BCUT2D eigenvalue weighted by molar-refractivity contribution is 5.71. The van der Waals surface area contributed by atoms with Crippen LogP contribution in [0.15, 0.2) is 0 Å². The highest BCUT2D eigenvalue weighted by atomic mass is 16.6. The van der Waals surface area contributed by atoms with E-state index in [0.29, 0.717) is 39.6 Å². The van der Waals surface area contributed by atoms with E-state index in [9.17, 15) is 4.79 Å². The maximum Gasteiger partial charge on any atom is 0.332 e. The summed E-state index contributed by atoms with van der Waals surface area (Å²) >= 11 is 0. The van der Waals surface area contributed by atoms with Crippen molar-refractivity contribution >= 4 is 5.97 Å². The highest BCUT2D eigenvalue weighted by Gasteiger charge is 2.15. The molecule has 0 atom stereocenters. The van der Waals surface area contributed by atoms with Crippen molar-refractivity contribution in [2.24, 2.45) is 5.73 Å². The fourth-order valence-electron chi connectivity index (χ4n) is 1.05. The third kappa shape index (κ3) is 13.4. The van der Waals surface area contributed by atoms with Crippen LogP contribution in [0.5, 0.6) is 0 Å². The second kappa shape index (κ2) is 10.3. The number of nitrogens with two attached hydrogens (primary N) is 1. The van der Waals surface area contributed by atoms with Gasteiger partial charge in [-0.15, -0.1) is 0 Å². The monoisotopic (exact) mass is 263 g/mol. The first-order valence-corrected chi connectivity index (χ1v) is 6.11. The van der Waals surface area contributed by atoms with Crippen LogP contribution in [0.2, 0.25) is 0 Å². The van der Waals surface area contributed by atoms with E-state index in [1.54, 1.807) is 0 Å². The molecule has 0 heterocycles. The van der Waals surface area contributed by atoms with Gasteiger partial charge in [-0.05, 0) is 20.8 Å². The summed E-state index contributed by atoms with van der Waals surface area (Å²) in [7, 11) is 0. The van der Waals surface area contributed by atoms with Gasteiger partial charge in [-0.2, -0.15) is 0 Å². The van der Waals surface area contributed by atoms with E-state index in [1.165, 1.54) is 0 Å². The molecule has 0 aliphatic heterocycles. The Morgan fingerprint density at radius 2 is 1.44 bits per heavy atom. The number of rotatable bonds is 10. The summed E-state index contributed by atoms with van der Waals surface area (Å²) in [6.45, 7) is 8.24. The van der Waals surface area contributed by atoms with Crippen LogP contribution in [0, 0.1) is 0 Å². The second-order valence-corrected chi connectivity index (χ2v) is 4.65. The van der Waals surface area contributed by atoms with E-state index in [1.807, 2.05) is 20.8 Å². The fourth-order valence-corrected chi connectivity index (χ4v) is 1.05. The summed E-state index contributed by atoms with van der Waals surface area (Å²) < 4.78 is 20.5. The molecular formula is C12H25NO5. The van der Waals surface area contributed by atoms with Gasteiger partial charge in [-0.25, -0.2) is 4.79 Å². The zero-order valence-corrected chi connectivity index (χ0v) is 11.6. The van der Waals surface area contributed by atoms with Crippen LogP contribution in [-0.4, -0.2) is 57.8 Å². The maximum atomic E-state index is 11.2. The predicted molar refractivity (Wildman–Crippen MR) is 67.4 cm³/mol. The normalized spacial score (nSPS) is 11.6. The molecule has 18 heavy (non-hydrogen) atoms. The summed E-state index contributed by atoms with van der Waals surface area (Å²) in [4.78, 5) is 11.2. The van der Waals surface area contributed by atoms with Crippen molar-refractivity contribution in [1.82, 2.24) is 0 Å². The lowest BCUT2D eigenvalue weighted by atomic mass is 10.2. The van der Waals surface area contributed by atoms with Crippen LogP contribution >= 0.6 is 0 Å². The molecule has 6 nitrogen and oxygen atoms in total. The molecule has 0 aromatic heterocycles. The molecule has 0 radical (unpaired) electrons. The number of ether oxygens (including phenoxy) is 4. The predicted octanol–water partition coefficient (Wildman–Crippen LogP) is 0.337. The average molecular weight is 263 g/mol. The van der Waals surface area contributed by atoms with Gasteiger partial charge in [-0.3, -0.25) is 0 Å². The number of esters is 1. The Bertz CT molecular complexity index is 215. The fraction of sp³-hybridized carbons (Fsp3) is 0.917. The summed E-state index contributed by atoms with van der Waals surface area (Å²) in [6, 6.07) is 0. The number of carbonyl (C=O) groups is 1. The molecule has 6 heteroatoms. The minimum atomic E-state index is -0.475. The topological polar surface area (TPSA) is 80.0 Å². The molecule has 0 saturated heterocycles. The Balaban J connectivity index is 3.23. The molecule has 0 amide bonds. The molecule has 0 bridgehead atoms. The van der Waals surface area contributed by atoms with E-state index in [4.69, 9.17) is 24.7 Å². The maximum absolute atomic E-state index is 11.2. The Hall–Kier alpha value is -0.690. The minimum absolute atomic E-state index is 0.0513. The molecule has 0 unspecified atom stereocenters. The summed E-state index contributed by atoms with van der Waals surface area (Å²) in [5.74, 6) is -0.367. The molecule has 0 spiro atoms. The largest absolute Gasteiger partial charge is 0.458 e. The first-order chi connectivity index (χ1) is 8.45. The van der Waals surface area contributed by atoms with Crippen molar-refractivity contribution < 1.29 is 23.7 Å². The summed E-state index contributed by atoms with van der Waals surface area (Å²) in [6.07, 6.45) is 0. The van der Waals surface area contributed by atoms with E-state index in [2.05, 4.69) is 0 Å². The SMILES string of the molecule is CC(C)(C)OC(=O)COCCOCCOCCN. The van der Waals surface area contributed by atoms with Gasteiger partial charge in [0.25, 0.3) is 0 Å². The van der Waals surface area contributed by atoms with Crippen molar-refractivity contribution in [3.63, 3.8) is 0 Å². The Labute approximate surface area is 109 Å². The van der Waals surface area contributed by atoms with Gasteiger partial charge in [0.1, 0.15) is 12.2 Å². The van der Waals surface area contributed by atoms with Gasteiger partial charge < -0.3 is 24.7 Å². The highest BCUT2D eigenvalue weighted by Crippen LogP contribution is 2.06. The zero-order valence-electron chi connectivity index (χ0n) is 11.6. The van der Waals surface area contributed by atoms with Crippen molar-refractivity contribution in [3.8, 4) is 0 Å². The minimum Gasteiger partial charge on any atom is -0.458 e. The lowest BCUT2D eigenvalue weighted by Crippen LogP contribution is -2.27. The second-order valence-electron chi connectivity index (χ2n) is 4.65. The Kier molecular flexibility index (Phi) is 9.86. The van der Waals surface area contributed by atoms with E-state index in [-0.39, 0.29) is 12.6 Å². The van der Waals surface area contributed by atoms with Crippen molar-refractivity contribution in [1.29, 1.82) is 0 Å². The quantitative estimate of drug-likeness (QED) is 0.452. The third-order valence-electron chi connectivity index (χ3n) is 1.65. The summed E-state index contributed by atoms with van der Waals surface area (Å²) in [5.41, 5.74) is 4.78. The third-order valence-corrected chi connectivity index (χ3v) is 1.65. The van der Waals surface area contributed by atoms with Gasteiger partial charge >= 0.3 is 5.97 Å². The van der Waals surface area contributed by atoms with Crippen LogP contribution in [-0.2, 0) is 23.7 Å². The van der Waals surface area contributed by atoms with E-state index < -0.39 is 5.60 Å². The zero-order chi connectivity index (χ0) is 13.9. The molecule has 0 aliphatic carbocycles. The molecule has 108 valence electrons. The lowest BCUT2D eigenvalue weighted by Gasteiger charge is -2.19. The van der Waals surface area contributed by atoms with Crippen molar-refractivity contribution in [2.45, 2.75) is 26.4 Å². The molecule has 0 aromatic rings. The van der Waals surface area contributed by atoms with Gasteiger partial charge in [0.05, 0.1) is 33.0 Å². The van der Waals surface area contributed by atoms with Crippen LogP contribution < -0.4 is 5.73 Å². The number of carbonyl (C=O) groups excluding carboxylic acids is 1. The molecule has 0 aliphatic rings. The van der Waals surface area contributed by atoms with Gasteiger partial charge in [-0.1, -0.05) is 0 Å². The van der Waals surface area contributed by atoms with Crippen LogP contribution in [0.25, 0.3) is 0 Å². The van der Waals surface area contributed by atoms with Crippen molar-refractivity contribution in [2.75, 3.05) is 46.2 Å². The first-order valence-electron chi connectivity index (χ1n) is 6.11. The average Bonchev–Trinajstić information content (AvgIpc) is 2.24. The Morgan fingerprint density at radius 3 is 1.94 bits per heavy atom. The van der Waals surface area contributed by atoms with E-state index >= 15 is 0 Å². The number of hydrogen-bond acceptors (Lipinski definition) is 6.